The highest BCUT2D eigenvalue weighted by Crippen LogP contribution is 2.06. The molecule has 0 bridgehead atoms. The number of aromatic amines is 1. The topological polar surface area (TPSA) is 65.1 Å². The van der Waals surface area contributed by atoms with Crippen molar-refractivity contribution in [1.29, 1.82) is 0 Å². The normalized spacial score (nSPS) is 11.5. The number of benzene rings is 1. The Hall–Kier alpha value is -2.30. The van der Waals surface area contributed by atoms with E-state index < -0.39 is 0 Å². The molecule has 0 aliphatic carbocycles. The second-order valence-electron chi connectivity index (χ2n) is 5.73. The van der Waals surface area contributed by atoms with Crippen LogP contribution in [0.15, 0.2) is 35.5 Å². The van der Waals surface area contributed by atoms with Crippen LogP contribution in [0.3, 0.4) is 0 Å². The van der Waals surface area contributed by atoms with Gasteiger partial charge >= 0.3 is 0 Å². The van der Waals surface area contributed by atoms with E-state index in [9.17, 15) is 0 Å². The fourth-order valence-corrected chi connectivity index (χ4v) is 2.44. The minimum atomic E-state index is 0.692. The first-order valence-corrected chi connectivity index (χ1v) is 8.25. The van der Waals surface area contributed by atoms with Crippen molar-refractivity contribution in [3.8, 4) is 0 Å². The van der Waals surface area contributed by atoms with Gasteiger partial charge in [0.25, 0.3) is 0 Å². The zero-order valence-corrected chi connectivity index (χ0v) is 14.3. The molecule has 0 saturated heterocycles. The van der Waals surface area contributed by atoms with E-state index in [0.29, 0.717) is 6.54 Å². The first-order chi connectivity index (χ1) is 11.2. The first kappa shape index (κ1) is 17.1. The highest BCUT2D eigenvalue weighted by molar-refractivity contribution is 5.79. The number of H-pyrrole nitrogens is 1. The molecular weight excluding hydrogens is 286 g/mol. The molecule has 0 atom stereocenters. The number of aryl methyl sites for hydroxylation is 3. The molecule has 0 aliphatic rings. The maximum absolute atomic E-state index is 4.65. The zero-order valence-electron chi connectivity index (χ0n) is 14.3. The average Bonchev–Trinajstić information content (AvgIpc) is 2.94. The Morgan fingerprint density at radius 1 is 1.26 bits per heavy atom. The van der Waals surface area contributed by atoms with Gasteiger partial charge in [-0.05, 0) is 44.7 Å². The fraction of sp³-hybridized carbons (Fsp3) is 0.444. The summed E-state index contributed by atoms with van der Waals surface area (Å²) < 4.78 is 0. The first-order valence-electron chi connectivity index (χ1n) is 8.25. The lowest BCUT2D eigenvalue weighted by molar-refractivity contribution is 0.742. The Morgan fingerprint density at radius 3 is 2.83 bits per heavy atom. The van der Waals surface area contributed by atoms with Crippen LogP contribution in [0.1, 0.15) is 35.7 Å². The van der Waals surface area contributed by atoms with Gasteiger partial charge in [0.1, 0.15) is 0 Å². The highest BCUT2D eigenvalue weighted by atomic mass is 15.2. The molecule has 23 heavy (non-hydrogen) atoms. The molecule has 3 N–H and O–H groups in total. The summed E-state index contributed by atoms with van der Waals surface area (Å²) in [5, 5.41) is 13.7. The summed E-state index contributed by atoms with van der Waals surface area (Å²) in [6, 6.07) is 8.47. The summed E-state index contributed by atoms with van der Waals surface area (Å²) in [6.07, 6.45) is 3.98. The maximum atomic E-state index is 4.65. The van der Waals surface area contributed by atoms with Crippen LogP contribution < -0.4 is 10.6 Å². The Balaban J connectivity index is 1.80. The number of rotatable bonds is 7. The van der Waals surface area contributed by atoms with Crippen LogP contribution in [-0.4, -0.2) is 29.2 Å². The molecule has 1 aromatic heterocycles. The predicted octanol–water partition coefficient (Wildman–Crippen LogP) is 2.71. The number of guanidine groups is 1. The molecule has 0 amide bonds. The lowest BCUT2D eigenvalue weighted by atomic mass is 10.1. The SMILES string of the molecule is CCNC(=NCc1cccc(C)c1)NCCCc1cn[nH]c1C. The standard InChI is InChI=1S/C18H27N5/c1-4-19-18(21-12-16-8-5-7-14(2)11-16)20-10-6-9-17-13-22-23-15(17)3/h5,7-8,11,13H,4,6,9-10,12H2,1-3H3,(H,22,23)(H2,19,20,21). The van der Waals surface area contributed by atoms with Crippen molar-refractivity contribution in [1.82, 2.24) is 20.8 Å². The Kier molecular flexibility index (Phi) is 6.66. The summed E-state index contributed by atoms with van der Waals surface area (Å²) in [5.41, 5.74) is 4.95. The Bertz CT molecular complexity index is 630. The summed E-state index contributed by atoms with van der Waals surface area (Å²) in [4.78, 5) is 4.65. The van der Waals surface area contributed by atoms with Gasteiger partial charge in [-0.1, -0.05) is 29.8 Å². The van der Waals surface area contributed by atoms with Gasteiger partial charge in [-0.3, -0.25) is 5.10 Å². The maximum Gasteiger partial charge on any atom is 0.191 e. The fourth-order valence-electron chi connectivity index (χ4n) is 2.44. The predicted molar refractivity (Wildman–Crippen MR) is 95.6 cm³/mol. The van der Waals surface area contributed by atoms with Crippen molar-refractivity contribution >= 4 is 5.96 Å². The van der Waals surface area contributed by atoms with E-state index in [2.05, 4.69) is 70.9 Å². The second-order valence-corrected chi connectivity index (χ2v) is 5.73. The van der Waals surface area contributed by atoms with Crippen LogP contribution in [0, 0.1) is 13.8 Å². The molecule has 2 aromatic rings. The molecule has 0 radical (unpaired) electrons. The molecule has 1 heterocycles. The molecule has 0 fully saturated rings. The third-order valence-corrected chi connectivity index (χ3v) is 3.70. The van der Waals surface area contributed by atoms with Crippen molar-refractivity contribution in [3.63, 3.8) is 0 Å². The van der Waals surface area contributed by atoms with Crippen molar-refractivity contribution < 1.29 is 0 Å². The summed E-state index contributed by atoms with van der Waals surface area (Å²) in [5.74, 6) is 0.873. The minimum Gasteiger partial charge on any atom is -0.357 e. The van der Waals surface area contributed by atoms with Crippen LogP contribution in [-0.2, 0) is 13.0 Å². The molecule has 5 heteroatoms. The molecule has 0 saturated carbocycles. The van der Waals surface area contributed by atoms with Crippen LogP contribution >= 0.6 is 0 Å². The van der Waals surface area contributed by atoms with Gasteiger partial charge in [-0.2, -0.15) is 5.10 Å². The molecule has 124 valence electrons. The molecule has 5 nitrogen and oxygen atoms in total. The minimum absolute atomic E-state index is 0.692. The second kappa shape index (κ2) is 8.98. The number of aliphatic imine (C=N–C) groups is 1. The van der Waals surface area contributed by atoms with Crippen molar-refractivity contribution in [2.45, 2.75) is 40.2 Å². The lowest BCUT2D eigenvalue weighted by Gasteiger charge is -2.11. The number of hydrogen-bond acceptors (Lipinski definition) is 2. The van der Waals surface area contributed by atoms with E-state index in [4.69, 9.17) is 0 Å². The van der Waals surface area contributed by atoms with E-state index in [1.807, 2.05) is 6.20 Å². The number of aromatic nitrogens is 2. The molecule has 0 unspecified atom stereocenters. The smallest absolute Gasteiger partial charge is 0.191 e. The van der Waals surface area contributed by atoms with Gasteiger partial charge in [0.2, 0.25) is 0 Å². The van der Waals surface area contributed by atoms with Crippen molar-refractivity contribution in [2.24, 2.45) is 4.99 Å². The highest BCUT2D eigenvalue weighted by Gasteiger charge is 2.01. The van der Waals surface area contributed by atoms with Crippen molar-refractivity contribution in [3.05, 3.63) is 52.8 Å². The summed E-state index contributed by atoms with van der Waals surface area (Å²) in [7, 11) is 0. The van der Waals surface area contributed by atoms with Crippen LogP contribution in [0.5, 0.6) is 0 Å². The molecule has 0 aliphatic heterocycles. The van der Waals surface area contributed by atoms with E-state index in [0.717, 1.165) is 37.6 Å². The average molecular weight is 313 g/mol. The number of nitrogens with one attached hydrogen (secondary N) is 3. The largest absolute Gasteiger partial charge is 0.357 e. The van der Waals surface area contributed by atoms with Crippen LogP contribution in [0.2, 0.25) is 0 Å². The van der Waals surface area contributed by atoms with Gasteiger partial charge in [-0.25, -0.2) is 4.99 Å². The van der Waals surface area contributed by atoms with Gasteiger partial charge in [-0.15, -0.1) is 0 Å². The Labute approximate surface area is 138 Å². The Morgan fingerprint density at radius 2 is 2.13 bits per heavy atom. The third kappa shape index (κ3) is 5.77. The van der Waals surface area contributed by atoms with Crippen LogP contribution in [0.4, 0.5) is 0 Å². The number of hydrogen-bond donors (Lipinski definition) is 3. The zero-order chi connectivity index (χ0) is 16.5. The number of nitrogens with zero attached hydrogens (tertiary/aromatic N) is 2. The van der Waals surface area contributed by atoms with Gasteiger partial charge in [0, 0.05) is 18.8 Å². The van der Waals surface area contributed by atoms with Gasteiger partial charge < -0.3 is 10.6 Å². The quantitative estimate of drug-likeness (QED) is 0.418. The molecule has 1 aromatic carbocycles. The monoisotopic (exact) mass is 313 g/mol. The summed E-state index contributed by atoms with van der Waals surface area (Å²) in [6.45, 7) is 8.69. The lowest BCUT2D eigenvalue weighted by Crippen LogP contribution is -2.37. The van der Waals surface area contributed by atoms with Crippen molar-refractivity contribution in [2.75, 3.05) is 13.1 Å². The molecular formula is C18H27N5. The van der Waals surface area contributed by atoms with E-state index in [-0.39, 0.29) is 0 Å². The van der Waals surface area contributed by atoms with E-state index in [1.54, 1.807) is 0 Å². The molecule has 0 spiro atoms. The molecule has 2 rings (SSSR count). The van der Waals surface area contributed by atoms with E-state index in [1.165, 1.54) is 16.7 Å². The van der Waals surface area contributed by atoms with Crippen LogP contribution in [0.25, 0.3) is 0 Å². The van der Waals surface area contributed by atoms with Gasteiger partial charge in [0.05, 0.1) is 12.7 Å². The summed E-state index contributed by atoms with van der Waals surface area (Å²) >= 11 is 0. The van der Waals surface area contributed by atoms with E-state index >= 15 is 0 Å². The van der Waals surface area contributed by atoms with Gasteiger partial charge in [0.15, 0.2) is 5.96 Å². The third-order valence-electron chi connectivity index (χ3n) is 3.70.